The van der Waals surface area contributed by atoms with Crippen LogP contribution in [0.25, 0.3) is 0 Å². The standard InChI is InChI=1S/C15H14ClN5/c16-13-1-3-14(4-2-13)20-7-9-21(10-8-20)15-12(11-17)5-6-18-19-15/h1-6H,7-10H2. The van der Waals surface area contributed by atoms with Gasteiger partial charge in [-0.15, -0.1) is 5.10 Å². The van der Waals surface area contributed by atoms with Crippen molar-refractivity contribution in [3.8, 4) is 6.07 Å². The van der Waals surface area contributed by atoms with Gasteiger partial charge < -0.3 is 9.80 Å². The molecule has 1 aliphatic rings. The number of piperazine rings is 1. The molecular weight excluding hydrogens is 286 g/mol. The van der Waals surface area contributed by atoms with E-state index < -0.39 is 0 Å². The summed E-state index contributed by atoms with van der Waals surface area (Å²) in [7, 11) is 0. The minimum absolute atomic E-state index is 0.574. The van der Waals surface area contributed by atoms with Crippen LogP contribution in [0, 0.1) is 11.3 Å². The van der Waals surface area contributed by atoms with Crippen LogP contribution in [0.2, 0.25) is 5.02 Å². The lowest BCUT2D eigenvalue weighted by Gasteiger charge is -2.36. The highest BCUT2D eigenvalue weighted by Gasteiger charge is 2.20. The molecule has 0 N–H and O–H groups in total. The van der Waals surface area contributed by atoms with Crippen molar-refractivity contribution in [2.45, 2.75) is 0 Å². The fourth-order valence-electron chi connectivity index (χ4n) is 2.47. The van der Waals surface area contributed by atoms with Crippen molar-refractivity contribution in [3.63, 3.8) is 0 Å². The maximum atomic E-state index is 9.14. The van der Waals surface area contributed by atoms with Crippen LogP contribution in [0.3, 0.4) is 0 Å². The molecule has 0 atom stereocenters. The van der Waals surface area contributed by atoms with Crippen molar-refractivity contribution < 1.29 is 0 Å². The Labute approximate surface area is 128 Å². The molecule has 0 spiro atoms. The predicted molar refractivity (Wildman–Crippen MR) is 82.6 cm³/mol. The molecule has 3 rings (SSSR count). The first-order chi connectivity index (χ1) is 10.3. The van der Waals surface area contributed by atoms with E-state index in [1.54, 1.807) is 12.3 Å². The highest BCUT2D eigenvalue weighted by atomic mass is 35.5. The van der Waals surface area contributed by atoms with Gasteiger partial charge in [0.25, 0.3) is 0 Å². The van der Waals surface area contributed by atoms with Crippen LogP contribution in [-0.4, -0.2) is 36.4 Å². The SMILES string of the molecule is N#Cc1ccnnc1N1CCN(c2ccc(Cl)cc2)CC1. The quantitative estimate of drug-likeness (QED) is 0.852. The maximum absolute atomic E-state index is 9.14. The molecule has 0 saturated carbocycles. The van der Waals surface area contributed by atoms with Crippen LogP contribution in [0.4, 0.5) is 11.5 Å². The number of nitrogens with zero attached hydrogens (tertiary/aromatic N) is 5. The maximum Gasteiger partial charge on any atom is 0.169 e. The Bertz CT molecular complexity index is 657. The number of hydrogen-bond acceptors (Lipinski definition) is 5. The van der Waals surface area contributed by atoms with Gasteiger partial charge in [-0.1, -0.05) is 11.6 Å². The van der Waals surface area contributed by atoms with Gasteiger partial charge in [0.05, 0.1) is 11.8 Å². The monoisotopic (exact) mass is 299 g/mol. The Balaban J connectivity index is 1.70. The first-order valence-corrected chi connectivity index (χ1v) is 7.13. The fraction of sp³-hybridized carbons (Fsp3) is 0.267. The van der Waals surface area contributed by atoms with Crippen molar-refractivity contribution in [1.82, 2.24) is 10.2 Å². The molecule has 106 valence electrons. The molecule has 6 heteroatoms. The third-order valence-corrected chi connectivity index (χ3v) is 3.84. The third kappa shape index (κ3) is 2.91. The topological polar surface area (TPSA) is 56.1 Å². The number of hydrogen-bond donors (Lipinski definition) is 0. The molecule has 2 heterocycles. The van der Waals surface area contributed by atoms with Gasteiger partial charge in [0, 0.05) is 36.9 Å². The summed E-state index contributed by atoms with van der Waals surface area (Å²) in [5.41, 5.74) is 1.74. The van der Waals surface area contributed by atoms with Crippen molar-refractivity contribution in [2.24, 2.45) is 0 Å². The summed E-state index contributed by atoms with van der Waals surface area (Å²) < 4.78 is 0. The zero-order valence-corrected chi connectivity index (χ0v) is 12.2. The number of nitriles is 1. The molecule has 1 aliphatic heterocycles. The Hall–Kier alpha value is -2.32. The second kappa shape index (κ2) is 5.98. The number of aromatic nitrogens is 2. The normalized spacial score (nSPS) is 14.9. The zero-order chi connectivity index (χ0) is 14.7. The van der Waals surface area contributed by atoms with Crippen LogP contribution >= 0.6 is 11.6 Å². The van der Waals surface area contributed by atoms with Crippen LogP contribution in [0.15, 0.2) is 36.5 Å². The van der Waals surface area contributed by atoms with Gasteiger partial charge >= 0.3 is 0 Å². The average molecular weight is 300 g/mol. The summed E-state index contributed by atoms with van der Waals surface area (Å²) in [5.74, 6) is 0.677. The smallest absolute Gasteiger partial charge is 0.169 e. The van der Waals surface area contributed by atoms with Crippen LogP contribution in [0.5, 0.6) is 0 Å². The molecule has 5 nitrogen and oxygen atoms in total. The second-order valence-electron chi connectivity index (χ2n) is 4.83. The Kier molecular flexibility index (Phi) is 3.89. The summed E-state index contributed by atoms with van der Waals surface area (Å²) in [4.78, 5) is 4.41. The van der Waals surface area contributed by atoms with Crippen molar-refractivity contribution in [3.05, 3.63) is 47.1 Å². The number of rotatable bonds is 2. The van der Waals surface area contributed by atoms with Gasteiger partial charge in [0.2, 0.25) is 0 Å². The Morgan fingerprint density at radius 2 is 1.67 bits per heavy atom. The molecule has 0 radical (unpaired) electrons. The highest BCUT2D eigenvalue weighted by Crippen LogP contribution is 2.22. The second-order valence-corrected chi connectivity index (χ2v) is 5.27. The van der Waals surface area contributed by atoms with E-state index in [1.165, 1.54) is 5.69 Å². The van der Waals surface area contributed by atoms with Crippen molar-refractivity contribution >= 4 is 23.1 Å². The van der Waals surface area contributed by atoms with E-state index in [1.807, 2.05) is 24.3 Å². The summed E-state index contributed by atoms with van der Waals surface area (Å²) in [6.07, 6.45) is 1.55. The largest absolute Gasteiger partial charge is 0.368 e. The van der Waals surface area contributed by atoms with E-state index in [-0.39, 0.29) is 0 Å². The fourth-order valence-corrected chi connectivity index (χ4v) is 2.60. The molecule has 2 aromatic rings. The summed E-state index contributed by atoms with van der Waals surface area (Å²) in [6.45, 7) is 3.39. The van der Waals surface area contributed by atoms with E-state index in [0.29, 0.717) is 11.4 Å². The van der Waals surface area contributed by atoms with E-state index >= 15 is 0 Å². The molecule has 0 bridgehead atoms. The molecule has 0 unspecified atom stereocenters. The lowest BCUT2D eigenvalue weighted by molar-refractivity contribution is 0.643. The molecule has 1 saturated heterocycles. The van der Waals surface area contributed by atoms with Crippen LogP contribution in [-0.2, 0) is 0 Å². The minimum atomic E-state index is 0.574. The lowest BCUT2D eigenvalue weighted by atomic mass is 10.2. The number of benzene rings is 1. The third-order valence-electron chi connectivity index (χ3n) is 3.59. The van der Waals surface area contributed by atoms with Crippen molar-refractivity contribution in [1.29, 1.82) is 5.26 Å². The van der Waals surface area contributed by atoms with Crippen LogP contribution < -0.4 is 9.80 Å². The number of anilines is 2. The van der Waals surface area contributed by atoms with Crippen LogP contribution in [0.1, 0.15) is 5.56 Å². The van der Waals surface area contributed by atoms with Gasteiger partial charge in [-0.3, -0.25) is 0 Å². The van der Waals surface area contributed by atoms with Gasteiger partial charge in [-0.2, -0.15) is 10.4 Å². The summed E-state index contributed by atoms with van der Waals surface area (Å²) >= 11 is 5.91. The molecular formula is C15H14ClN5. The van der Waals surface area contributed by atoms with E-state index in [0.717, 1.165) is 31.2 Å². The highest BCUT2D eigenvalue weighted by molar-refractivity contribution is 6.30. The molecule has 0 amide bonds. The molecule has 1 fully saturated rings. The molecule has 0 aliphatic carbocycles. The van der Waals surface area contributed by atoms with E-state index in [9.17, 15) is 0 Å². The number of halogens is 1. The van der Waals surface area contributed by atoms with Gasteiger partial charge in [0.1, 0.15) is 6.07 Å². The van der Waals surface area contributed by atoms with E-state index in [4.69, 9.17) is 16.9 Å². The Morgan fingerprint density at radius 3 is 2.33 bits per heavy atom. The lowest BCUT2D eigenvalue weighted by Crippen LogP contribution is -2.47. The molecule has 21 heavy (non-hydrogen) atoms. The minimum Gasteiger partial charge on any atom is -0.368 e. The predicted octanol–water partition coefficient (Wildman–Crippen LogP) is 2.33. The first kappa shape index (κ1) is 13.7. The Morgan fingerprint density at radius 1 is 1.00 bits per heavy atom. The van der Waals surface area contributed by atoms with Crippen molar-refractivity contribution in [2.75, 3.05) is 36.0 Å². The first-order valence-electron chi connectivity index (χ1n) is 6.75. The zero-order valence-electron chi connectivity index (χ0n) is 11.4. The average Bonchev–Trinajstić information content (AvgIpc) is 2.56. The van der Waals surface area contributed by atoms with Gasteiger partial charge in [0.15, 0.2) is 5.82 Å². The van der Waals surface area contributed by atoms with Gasteiger partial charge in [-0.25, -0.2) is 0 Å². The molecule has 1 aromatic carbocycles. The summed E-state index contributed by atoms with van der Waals surface area (Å²) in [6, 6.07) is 11.7. The van der Waals surface area contributed by atoms with Gasteiger partial charge in [-0.05, 0) is 30.3 Å². The molecule has 1 aromatic heterocycles. The summed E-state index contributed by atoms with van der Waals surface area (Å²) in [5, 5.41) is 17.9. The van der Waals surface area contributed by atoms with E-state index in [2.05, 4.69) is 26.1 Å².